The molecule has 1 aromatic heterocycles. The minimum absolute atomic E-state index is 0.126. The van der Waals surface area contributed by atoms with Crippen LogP contribution < -0.4 is 10.2 Å². The Hall–Kier alpha value is -3.34. The molecule has 0 saturated heterocycles. The fourth-order valence-electron chi connectivity index (χ4n) is 2.16. The monoisotopic (exact) mass is 320 g/mol. The SMILES string of the molecule is O=C(COc1ccccc1-c1ccccc1)NN=Cc1ccco1. The van der Waals surface area contributed by atoms with Crippen molar-refractivity contribution in [1.82, 2.24) is 5.43 Å². The summed E-state index contributed by atoms with van der Waals surface area (Å²) in [7, 11) is 0. The standard InChI is InChI=1S/C19H16N2O3/c22-19(21-20-13-16-9-6-12-23-16)14-24-18-11-5-4-10-17(18)15-7-2-1-3-8-15/h1-13H,14H2,(H,21,22). The van der Waals surface area contributed by atoms with E-state index in [1.54, 1.807) is 12.1 Å². The van der Waals surface area contributed by atoms with Gasteiger partial charge in [-0.2, -0.15) is 5.10 Å². The molecule has 0 spiro atoms. The summed E-state index contributed by atoms with van der Waals surface area (Å²) in [6.07, 6.45) is 2.96. The van der Waals surface area contributed by atoms with E-state index in [-0.39, 0.29) is 12.5 Å². The number of nitrogens with zero attached hydrogens (tertiary/aromatic N) is 1. The van der Waals surface area contributed by atoms with Crippen molar-refractivity contribution in [2.75, 3.05) is 6.61 Å². The first kappa shape index (κ1) is 15.6. The van der Waals surface area contributed by atoms with E-state index < -0.39 is 0 Å². The van der Waals surface area contributed by atoms with Crippen molar-refractivity contribution < 1.29 is 13.9 Å². The van der Waals surface area contributed by atoms with E-state index in [0.29, 0.717) is 11.5 Å². The lowest BCUT2D eigenvalue weighted by molar-refractivity contribution is -0.123. The highest BCUT2D eigenvalue weighted by molar-refractivity contribution is 5.81. The average molecular weight is 320 g/mol. The zero-order valence-electron chi connectivity index (χ0n) is 12.9. The van der Waals surface area contributed by atoms with Gasteiger partial charge in [0.25, 0.3) is 5.91 Å². The minimum atomic E-state index is -0.347. The summed E-state index contributed by atoms with van der Waals surface area (Å²) in [6.45, 7) is -0.126. The van der Waals surface area contributed by atoms with Gasteiger partial charge in [-0.1, -0.05) is 48.5 Å². The summed E-state index contributed by atoms with van der Waals surface area (Å²) >= 11 is 0. The third kappa shape index (κ3) is 4.10. The molecule has 0 aliphatic heterocycles. The first-order valence-electron chi connectivity index (χ1n) is 7.45. The molecule has 1 heterocycles. The Morgan fingerprint density at radius 2 is 1.83 bits per heavy atom. The van der Waals surface area contributed by atoms with E-state index >= 15 is 0 Å². The molecular formula is C19H16N2O3. The van der Waals surface area contributed by atoms with Gasteiger partial charge in [0, 0.05) is 5.56 Å². The molecule has 0 aliphatic rings. The molecule has 0 fully saturated rings. The number of hydrogen-bond donors (Lipinski definition) is 1. The number of benzene rings is 2. The molecule has 0 atom stereocenters. The minimum Gasteiger partial charge on any atom is -0.483 e. The van der Waals surface area contributed by atoms with E-state index in [1.807, 2.05) is 54.6 Å². The van der Waals surface area contributed by atoms with Crippen LogP contribution in [0.2, 0.25) is 0 Å². The molecule has 0 aliphatic carbocycles. The second kappa shape index (κ2) is 7.78. The van der Waals surface area contributed by atoms with Crippen molar-refractivity contribution >= 4 is 12.1 Å². The van der Waals surface area contributed by atoms with Crippen molar-refractivity contribution in [1.29, 1.82) is 0 Å². The van der Waals surface area contributed by atoms with Crippen molar-refractivity contribution in [3.8, 4) is 16.9 Å². The Morgan fingerprint density at radius 1 is 1.04 bits per heavy atom. The molecule has 3 aromatic rings. The highest BCUT2D eigenvalue weighted by atomic mass is 16.5. The van der Waals surface area contributed by atoms with Crippen LogP contribution in [0.3, 0.4) is 0 Å². The van der Waals surface area contributed by atoms with Gasteiger partial charge in [0.05, 0.1) is 12.5 Å². The van der Waals surface area contributed by atoms with Crippen LogP contribution in [0.25, 0.3) is 11.1 Å². The Bertz CT molecular complexity index is 812. The summed E-state index contributed by atoms with van der Waals surface area (Å²) in [5.74, 6) is 0.861. The maximum atomic E-state index is 11.8. The topological polar surface area (TPSA) is 63.8 Å². The van der Waals surface area contributed by atoms with Crippen molar-refractivity contribution in [3.63, 3.8) is 0 Å². The molecule has 24 heavy (non-hydrogen) atoms. The summed E-state index contributed by atoms with van der Waals surface area (Å²) in [5.41, 5.74) is 4.36. The van der Waals surface area contributed by atoms with Gasteiger partial charge >= 0.3 is 0 Å². The Kier molecular flexibility index (Phi) is 5.04. The second-order valence-corrected chi connectivity index (χ2v) is 4.96. The molecule has 120 valence electrons. The van der Waals surface area contributed by atoms with Crippen LogP contribution in [-0.2, 0) is 4.79 Å². The second-order valence-electron chi connectivity index (χ2n) is 4.96. The third-order valence-corrected chi connectivity index (χ3v) is 3.25. The van der Waals surface area contributed by atoms with E-state index in [2.05, 4.69) is 10.5 Å². The number of para-hydroxylation sites is 1. The van der Waals surface area contributed by atoms with Crippen molar-refractivity contribution in [2.24, 2.45) is 5.10 Å². The lowest BCUT2D eigenvalue weighted by Crippen LogP contribution is -2.24. The van der Waals surface area contributed by atoms with Gasteiger partial charge in [-0.15, -0.1) is 0 Å². The van der Waals surface area contributed by atoms with E-state index in [9.17, 15) is 4.79 Å². The van der Waals surface area contributed by atoms with Crippen LogP contribution in [-0.4, -0.2) is 18.7 Å². The maximum Gasteiger partial charge on any atom is 0.277 e. The first-order chi connectivity index (χ1) is 11.8. The van der Waals surface area contributed by atoms with Crippen LogP contribution in [0.4, 0.5) is 0 Å². The first-order valence-corrected chi connectivity index (χ1v) is 7.45. The number of furan rings is 1. The van der Waals surface area contributed by atoms with E-state index in [0.717, 1.165) is 11.1 Å². The maximum absolute atomic E-state index is 11.8. The molecule has 3 rings (SSSR count). The van der Waals surface area contributed by atoms with Gasteiger partial charge in [-0.25, -0.2) is 5.43 Å². The molecule has 0 unspecified atom stereocenters. The van der Waals surface area contributed by atoms with E-state index in [4.69, 9.17) is 9.15 Å². The van der Waals surface area contributed by atoms with Gasteiger partial charge in [0.2, 0.25) is 0 Å². The zero-order valence-corrected chi connectivity index (χ0v) is 12.9. The summed E-state index contributed by atoms with van der Waals surface area (Å²) in [5, 5.41) is 3.81. The van der Waals surface area contributed by atoms with Crippen LogP contribution in [0.5, 0.6) is 5.75 Å². The molecule has 1 amide bonds. The fourth-order valence-corrected chi connectivity index (χ4v) is 2.16. The van der Waals surface area contributed by atoms with E-state index in [1.165, 1.54) is 12.5 Å². The van der Waals surface area contributed by atoms with Crippen LogP contribution in [0, 0.1) is 0 Å². The Balaban J connectivity index is 1.60. The third-order valence-electron chi connectivity index (χ3n) is 3.25. The number of rotatable bonds is 6. The quantitative estimate of drug-likeness (QED) is 0.559. The number of amides is 1. The predicted octanol–water partition coefficient (Wildman–Crippen LogP) is 3.48. The number of hydrazone groups is 1. The van der Waals surface area contributed by atoms with Crippen molar-refractivity contribution in [2.45, 2.75) is 0 Å². The molecule has 5 nitrogen and oxygen atoms in total. The van der Waals surface area contributed by atoms with Gasteiger partial charge in [0.15, 0.2) is 6.61 Å². The molecule has 0 bridgehead atoms. The molecule has 1 N–H and O–H groups in total. The highest BCUT2D eigenvalue weighted by Gasteiger charge is 2.07. The summed E-state index contributed by atoms with van der Waals surface area (Å²) < 4.78 is 10.7. The average Bonchev–Trinajstić information content (AvgIpc) is 3.14. The summed E-state index contributed by atoms with van der Waals surface area (Å²) in [6, 6.07) is 20.9. The lowest BCUT2D eigenvalue weighted by atomic mass is 10.1. The molecule has 0 saturated carbocycles. The van der Waals surface area contributed by atoms with Gasteiger partial charge < -0.3 is 9.15 Å². The van der Waals surface area contributed by atoms with Gasteiger partial charge in [-0.05, 0) is 23.8 Å². The Morgan fingerprint density at radius 3 is 2.62 bits per heavy atom. The molecule has 0 radical (unpaired) electrons. The molecule has 2 aromatic carbocycles. The molecular weight excluding hydrogens is 304 g/mol. The summed E-state index contributed by atoms with van der Waals surface area (Å²) in [4.78, 5) is 11.8. The van der Waals surface area contributed by atoms with Crippen LogP contribution in [0.1, 0.15) is 5.76 Å². The number of carbonyl (C=O) groups is 1. The fraction of sp³-hybridized carbons (Fsp3) is 0.0526. The Labute approximate surface area is 139 Å². The number of carbonyl (C=O) groups excluding carboxylic acids is 1. The molecule has 5 heteroatoms. The number of ether oxygens (including phenoxy) is 1. The van der Waals surface area contributed by atoms with Crippen LogP contribution >= 0.6 is 0 Å². The largest absolute Gasteiger partial charge is 0.483 e. The lowest BCUT2D eigenvalue weighted by Gasteiger charge is -2.10. The van der Waals surface area contributed by atoms with Gasteiger partial charge in [0.1, 0.15) is 11.5 Å². The highest BCUT2D eigenvalue weighted by Crippen LogP contribution is 2.29. The number of hydrogen-bond acceptors (Lipinski definition) is 4. The zero-order chi connectivity index (χ0) is 16.6. The number of nitrogens with one attached hydrogen (secondary N) is 1. The van der Waals surface area contributed by atoms with Crippen LogP contribution in [0.15, 0.2) is 82.5 Å². The predicted molar refractivity (Wildman–Crippen MR) is 91.8 cm³/mol. The van der Waals surface area contributed by atoms with Crippen molar-refractivity contribution in [3.05, 3.63) is 78.8 Å². The normalized spacial score (nSPS) is 10.7. The van der Waals surface area contributed by atoms with Gasteiger partial charge in [-0.3, -0.25) is 4.79 Å². The smallest absolute Gasteiger partial charge is 0.277 e.